The van der Waals surface area contributed by atoms with Crippen molar-refractivity contribution in [1.29, 1.82) is 0 Å². The van der Waals surface area contributed by atoms with Crippen LogP contribution >= 0.6 is 23.2 Å². The molecule has 0 spiro atoms. The Morgan fingerprint density at radius 2 is 2.07 bits per heavy atom. The van der Waals surface area contributed by atoms with Crippen LogP contribution in [0.15, 0.2) is 24.3 Å². The first-order chi connectivity index (χ1) is 6.65. The Morgan fingerprint density at radius 1 is 1.43 bits per heavy atom. The van der Waals surface area contributed by atoms with Crippen LogP contribution in [0.1, 0.15) is 12.5 Å². The number of aryl methyl sites for hydroxylation is 1. The molecular weight excluding hydrogens is 223 g/mol. The molecule has 1 rings (SSSR count). The third-order valence-corrected chi connectivity index (χ3v) is 2.10. The van der Waals surface area contributed by atoms with Crippen LogP contribution in [-0.4, -0.2) is 10.8 Å². The Bertz CT molecular complexity index is 324. The van der Waals surface area contributed by atoms with Gasteiger partial charge in [-0.15, -0.1) is 0 Å². The second-order valence-electron chi connectivity index (χ2n) is 2.68. The summed E-state index contributed by atoms with van der Waals surface area (Å²) < 4.78 is 5.00. The molecular formula is C10H10Cl2O2. The van der Waals surface area contributed by atoms with E-state index in [-0.39, 0.29) is 0 Å². The molecule has 0 atom stereocenters. The van der Waals surface area contributed by atoms with Crippen LogP contribution in [0.25, 0.3) is 0 Å². The first-order valence-electron chi connectivity index (χ1n) is 4.23. The van der Waals surface area contributed by atoms with Gasteiger partial charge in [0.15, 0.2) is 0 Å². The number of hydrogen-bond acceptors (Lipinski definition) is 2. The lowest BCUT2D eigenvalue weighted by atomic mass is 10.1. The number of carbonyl (C=O) groups excluding carboxylic acids is 1. The summed E-state index contributed by atoms with van der Waals surface area (Å²) in [5.74, 6) is -0.125. The van der Waals surface area contributed by atoms with Gasteiger partial charge in [0.25, 0.3) is 0 Å². The van der Waals surface area contributed by atoms with E-state index < -0.39 is 10.8 Å². The summed E-state index contributed by atoms with van der Waals surface area (Å²) in [6.45, 7) is 1.98. The first kappa shape index (κ1) is 11.3. The normalized spacial score (nSPS) is 10.3. The molecule has 0 aliphatic heterocycles. The standard InChI is InChI=1S/C10H10Cl2O2/c1-2-7-5-3-4-6-8(7)14-10(13)9(11)12/h3-6,9H,2H2,1H3. The maximum atomic E-state index is 11.1. The maximum Gasteiger partial charge on any atom is 0.344 e. The van der Waals surface area contributed by atoms with Crippen LogP contribution in [0.3, 0.4) is 0 Å². The number of para-hydroxylation sites is 1. The third-order valence-electron chi connectivity index (χ3n) is 1.74. The van der Waals surface area contributed by atoms with E-state index in [1.165, 1.54) is 0 Å². The predicted octanol–water partition coefficient (Wildman–Crippen LogP) is 2.96. The van der Waals surface area contributed by atoms with Gasteiger partial charge in [0.2, 0.25) is 4.84 Å². The minimum absolute atomic E-state index is 0.520. The number of carbonyl (C=O) groups is 1. The molecule has 1 aromatic rings. The summed E-state index contributed by atoms with van der Waals surface area (Å²) >= 11 is 10.7. The minimum Gasteiger partial charge on any atom is -0.424 e. The van der Waals surface area contributed by atoms with Crippen molar-refractivity contribution in [3.8, 4) is 5.75 Å². The van der Waals surface area contributed by atoms with Crippen molar-refractivity contribution in [3.05, 3.63) is 29.8 Å². The van der Waals surface area contributed by atoms with Gasteiger partial charge in [-0.3, -0.25) is 0 Å². The van der Waals surface area contributed by atoms with E-state index in [4.69, 9.17) is 27.9 Å². The minimum atomic E-state index is -1.14. The SMILES string of the molecule is CCc1ccccc1OC(=O)C(Cl)Cl. The van der Waals surface area contributed by atoms with Crippen molar-refractivity contribution in [2.75, 3.05) is 0 Å². The van der Waals surface area contributed by atoms with Gasteiger partial charge in [-0.2, -0.15) is 0 Å². The summed E-state index contributed by atoms with van der Waals surface area (Å²) in [4.78, 5) is 9.96. The Balaban J connectivity index is 2.80. The van der Waals surface area contributed by atoms with Crippen molar-refractivity contribution in [1.82, 2.24) is 0 Å². The van der Waals surface area contributed by atoms with E-state index in [9.17, 15) is 4.79 Å². The summed E-state index contributed by atoms with van der Waals surface area (Å²) in [5.41, 5.74) is 0.954. The van der Waals surface area contributed by atoms with Gasteiger partial charge in [-0.1, -0.05) is 48.3 Å². The van der Waals surface area contributed by atoms with Crippen LogP contribution in [0, 0.1) is 0 Å². The highest BCUT2D eigenvalue weighted by atomic mass is 35.5. The zero-order chi connectivity index (χ0) is 10.6. The lowest BCUT2D eigenvalue weighted by Crippen LogP contribution is -2.16. The summed E-state index contributed by atoms with van der Waals surface area (Å²) in [7, 11) is 0. The fraction of sp³-hybridized carbons (Fsp3) is 0.300. The lowest BCUT2D eigenvalue weighted by molar-refractivity contribution is -0.132. The molecule has 0 aromatic heterocycles. The molecule has 0 N–H and O–H groups in total. The van der Waals surface area contributed by atoms with Crippen LogP contribution in [0.4, 0.5) is 0 Å². The van der Waals surface area contributed by atoms with Crippen LogP contribution in [0.5, 0.6) is 5.75 Å². The number of alkyl halides is 2. The molecule has 0 fully saturated rings. The van der Waals surface area contributed by atoms with Gasteiger partial charge in [-0.25, -0.2) is 4.79 Å². The molecule has 0 bridgehead atoms. The molecule has 0 saturated heterocycles. The molecule has 1 aromatic carbocycles. The summed E-state index contributed by atoms with van der Waals surface area (Å²) in [6.07, 6.45) is 0.790. The molecule has 0 heterocycles. The van der Waals surface area contributed by atoms with Gasteiger partial charge in [-0.05, 0) is 18.1 Å². The molecule has 0 aliphatic rings. The molecule has 0 saturated carbocycles. The quantitative estimate of drug-likeness (QED) is 0.455. The average molecular weight is 233 g/mol. The number of esters is 1. The zero-order valence-electron chi connectivity index (χ0n) is 7.67. The second-order valence-corrected chi connectivity index (χ2v) is 3.78. The highest BCUT2D eigenvalue weighted by molar-refractivity contribution is 6.53. The summed E-state index contributed by atoms with van der Waals surface area (Å²) in [6, 6.07) is 7.28. The lowest BCUT2D eigenvalue weighted by Gasteiger charge is -2.08. The fourth-order valence-electron chi connectivity index (χ4n) is 1.05. The van der Waals surface area contributed by atoms with Gasteiger partial charge in [0.1, 0.15) is 5.75 Å². The number of hydrogen-bond donors (Lipinski definition) is 0. The van der Waals surface area contributed by atoms with Crippen molar-refractivity contribution in [3.63, 3.8) is 0 Å². The van der Waals surface area contributed by atoms with Crippen molar-refractivity contribution in [2.24, 2.45) is 0 Å². The van der Waals surface area contributed by atoms with E-state index in [0.29, 0.717) is 5.75 Å². The van der Waals surface area contributed by atoms with E-state index in [1.54, 1.807) is 12.1 Å². The van der Waals surface area contributed by atoms with Crippen molar-refractivity contribution < 1.29 is 9.53 Å². The molecule has 0 radical (unpaired) electrons. The van der Waals surface area contributed by atoms with E-state index in [1.807, 2.05) is 19.1 Å². The van der Waals surface area contributed by atoms with Gasteiger partial charge in [0.05, 0.1) is 0 Å². The smallest absolute Gasteiger partial charge is 0.344 e. The topological polar surface area (TPSA) is 26.3 Å². The predicted molar refractivity (Wildman–Crippen MR) is 56.9 cm³/mol. The van der Waals surface area contributed by atoms with E-state index in [0.717, 1.165) is 12.0 Å². The Labute approximate surface area is 92.8 Å². The largest absolute Gasteiger partial charge is 0.424 e. The van der Waals surface area contributed by atoms with Crippen molar-refractivity contribution >= 4 is 29.2 Å². The molecule has 76 valence electrons. The Morgan fingerprint density at radius 3 is 2.64 bits per heavy atom. The number of ether oxygens (including phenoxy) is 1. The Hall–Kier alpha value is -0.730. The molecule has 0 unspecified atom stereocenters. The summed E-state index contributed by atoms with van der Waals surface area (Å²) in [5, 5.41) is 0. The van der Waals surface area contributed by atoms with E-state index in [2.05, 4.69) is 0 Å². The second kappa shape index (κ2) is 5.23. The first-order valence-corrected chi connectivity index (χ1v) is 5.10. The molecule has 0 aliphatic carbocycles. The van der Waals surface area contributed by atoms with Gasteiger partial charge < -0.3 is 4.74 Å². The van der Waals surface area contributed by atoms with E-state index >= 15 is 0 Å². The fourth-order valence-corrected chi connectivity index (χ4v) is 1.14. The molecule has 2 nitrogen and oxygen atoms in total. The average Bonchev–Trinajstić information content (AvgIpc) is 2.18. The van der Waals surface area contributed by atoms with Crippen LogP contribution < -0.4 is 4.74 Å². The van der Waals surface area contributed by atoms with Crippen LogP contribution in [0.2, 0.25) is 0 Å². The third kappa shape index (κ3) is 2.89. The highest BCUT2D eigenvalue weighted by Gasteiger charge is 2.15. The van der Waals surface area contributed by atoms with Gasteiger partial charge >= 0.3 is 5.97 Å². The van der Waals surface area contributed by atoms with Crippen molar-refractivity contribution in [2.45, 2.75) is 18.2 Å². The maximum absolute atomic E-state index is 11.1. The van der Waals surface area contributed by atoms with Crippen LogP contribution in [-0.2, 0) is 11.2 Å². The van der Waals surface area contributed by atoms with Gasteiger partial charge in [0, 0.05) is 0 Å². The monoisotopic (exact) mass is 232 g/mol. The zero-order valence-corrected chi connectivity index (χ0v) is 9.18. The number of rotatable bonds is 3. The molecule has 14 heavy (non-hydrogen) atoms. The number of halogens is 2. The number of benzene rings is 1. The molecule has 4 heteroatoms. The molecule has 0 amide bonds. The highest BCUT2D eigenvalue weighted by Crippen LogP contribution is 2.19. The Kier molecular flexibility index (Phi) is 4.23.